The van der Waals surface area contributed by atoms with Gasteiger partial charge in [0, 0.05) is 17.4 Å². The molecule has 0 heterocycles. The minimum absolute atomic E-state index is 0.0372. The Labute approximate surface area is 128 Å². The Balaban J connectivity index is 1.74. The van der Waals surface area contributed by atoms with E-state index in [1.807, 2.05) is 12.1 Å². The summed E-state index contributed by atoms with van der Waals surface area (Å²) >= 11 is 3.52. The molecule has 2 nitrogen and oxygen atoms in total. The van der Waals surface area contributed by atoms with Crippen molar-refractivity contribution in [1.82, 2.24) is 5.32 Å². The molecule has 2 aromatic carbocycles. The predicted molar refractivity (Wildman–Crippen MR) is 84.6 cm³/mol. The summed E-state index contributed by atoms with van der Waals surface area (Å²) < 4.78 is 1.13. The third kappa shape index (κ3) is 2.66. The normalized spacial score (nSPS) is 20.9. The highest BCUT2D eigenvalue weighted by Gasteiger charge is 2.29. The Morgan fingerprint density at radius 1 is 1.25 bits per heavy atom. The molecule has 104 valence electrons. The molecule has 0 saturated carbocycles. The van der Waals surface area contributed by atoms with Crippen molar-refractivity contribution in [3.05, 3.63) is 69.2 Å². The zero-order valence-electron chi connectivity index (χ0n) is 11.4. The first-order chi connectivity index (χ1) is 9.65. The van der Waals surface area contributed by atoms with Crippen LogP contribution in [0.25, 0.3) is 0 Å². The fourth-order valence-corrected chi connectivity index (χ4v) is 3.11. The van der Waals surface area contributed by atoms with Gasteiger partial charge < -0.3 is 10.4 Å². The van der Waals surface area contributed by atoms with Crippen LogP contribution < -0.4 is 5.32 Å². The summed E-state index contributed by atoms with van der Waals surface area (Å²) in [5, 5.41) is 13.7. The van der Waals surface area contributed by atoms with Gasteiger partial charge in [-0.1, -0.05) is 52.3 Å². The average Bonchev–Trinajstić information content (AvgIpc) is 2.76. The van der Waals surface area contributed by atoms with Crippen molar-refractivity contribution in [3.8, 4) is 0 Å². The molecule has 0 bridgehead atoms. The molecule has 2 aromatic rings. The van der Waals surface area contributed by atoms with Crippen molar-refractivity contribution in [2.75, 3.05) is 0 Å². The van der Waals surface area contributed by atoms with Crippen molar-refractivity contribution >= 4 is 15.9 Å². The highest BCUT2D eigenvalue weighted by molar-refractivity contribution is 9.10. The van der Waals surface area contributed by atoms with Crippen LogP contribution in [-0.2, 0) is 13.0 Å². The molecular formula is C17H18BrNO. The van der Waals surface area contributed by atoms with Gasteiger partial charge in [0.25, 0.3) is 0 Å². The molecule has 2 atom stereocenters. The molecule has 1 aliphatic rings. The number of aliphatic hydroxyl groups is 1. The zero-order chi connectivity index (χ0) is 14.1. The second-order valence-electron chi connectivity index (χ2n) is 5.41. The van der Waals surface area contributed by atoms with Gasteiger partial charge in [-0.3, -0.25) is 0 Å². The van der Waals surface area contributed by atoms with Gasteiger partial charge in [0.15, 0.2) is 0 Å². The molecule has 0 amide bonds. The zero-order valence-corrected chi connectivity index (χ0v) is 13.0. The fourth-order valence-electron chi connectivity index (χ4n) is 2.86. The number of benzene rings is 2. The van der Waals surface area contributed by atoms with Crippen LogP contribution in [0.2, 0.25) is 0 Å². The number of aliphatic hydroxyl groups excluding tert-OH is 1. The van der Waals surface area contributed by atoms with E-state index in [9.17, 15) is 5.11 Å². The lowest BCUT2D eigenvalue weighted by atomic mass is 10.1. The summed E-state index contributed by atoms with van der Waals surface area (Å²) in [4.78, 5) is 0. The van der Waals surface area contributed by atoms with Gasteiger partial charge in [-0.15, -0.1) is 0 Å². The van der Waals surface area contributed by atoms with E-state index in [2.05, 4.69) is 58.5 Å². The number of fused-ring (bicyclic) bond motifs is 1. The van der Waals surface area contributed by atoms with Crippen molar-refractivity contribution < 1.29 is 5.11 Å². The molecule has 0 radical (unpaired) electrons. The van der Waals surface area contributed by atoms with Gasteiger partial charge in [-0.05, 0) is 35.2 Å². The van der Waals surface area contributed by atoms with Crippen LogP contribution in [0, 0.1) is 6.92 Å². The lowest BCUT2D eigenvalue weighted by Crippen LogP contribution is -2.28. The van der Waals surface area contributed by atoms with E-state index < -0.39 is 0 Å². The summed E-state index contributed by atoms with van der Waals surface area (Å²) in [7, 11) is 0. The molecule has 20 heavy (non-hydrogen) atoms. The minimum Gasteiger partial charge on any atom is -0.391 e. The van der Waals surface area contributed by atoms with Crippen molar-refractivity contribution in [3.63, 3.8) is 0 Å². The molecular weight excluding hydrogens is 314 g/mol. The van der Waals surface area contributed by atoms with E-state index in [0.29, 0.717) is 0 Å². The average molecular weight is 332 g/mol. The van der Waals surface area contributed by atoms with Crippen molar-refractivity contribution in [1.29, 1.82) is 0 Å². The lowest BCUT2D eigenvalue weighted by molar-refractivity contribution is 0.140. The van der Waals surface area contributed by atoms with Gasteiger partial charge >= 0.3 is 0 Å². The lowest BCUT2D eigenvalue weighted by Gasteiger charge is -2.18. The predicted octanol–water partition coefficient (Wildman–Crippen LogP) is 3.51. The van der Waals surface area contributed by atoms with E-state index in [4.69, 9.17) is 0 Å². The monoisotopic (exact) mass is 331 g/mol. The number of rotatable bonds is 3. The maximum Gasteiger partial charge on any atom is 0.0775 e. The van der Waals surface area contributed by atoms with E-state index in [1.165, 1.54) is 22.3 Å². The molecule has 3 rings (SSSR count). The van der Waals surface area contributed by atoms with Gasteiger partial charge in [0.05, 0.1) is 12.1 Å². The Morgan fingerprint density at radius 2 is 2.05 bits per heavy atom. The number of aryl methyl sites for hydroxylation is 1. The molecule has 0 saturated heterocycles. The SMILES string of the molecule is Cc1cc(CN[C@H]2c3ccccc3C[C@H]2O)ccc1Br. The Hall–Kier alpha value is -1.16. The van der Waals surface area contributed by atoms with Crippen LogP contribution in [0.5, 0.6) is 0 Å². The number of nitrogens with one attached hydrogen (secondary N) is 1. The first-order valence-corrected chi connectivity index (χ1v) is 7.69. The molecule has 0 aliphatic heterocycles. The highest BCUT2D eigenvalue weighted by atomic mass is 79.9. The molecule has 1 aliphatic carbocycles. The molecule has 3 heteroatoms. The standard InChI is InChI=1S/C17H18BrNO/c1-11-8-12(6-7-15(11)18)10-19-17-14-5-3-2-4-13(14)9-16(17)20/h2-8,16-17,19-20H,9-10H2,1H3/t16-,17+/m1/s1. The summed E-state index contributed by atoms with van der Waals surface area (Å²) in [5.74, 6) is 0. The van der Waals surface area contributed by atoms with E-state index in [0.717, 1.165) is 17.4 Å². The van der Waals surface area contributed by atoms with Crippen LogP contribution in [0.3, 0.4) is 0 Å². The maximum absolute atomic E-state index is 10.2. The Bertz CT molecular complexity index is 626. The van der Waals surface area contributed by atoms with E-state index >= 15 is 0 Å². The number of hydrogen-bond acceptors (Lipinski definition) is 2. The van der Waals surface area contributed by atoms with Crippen LogP contribution in [-0.4, -0.2) is 11.2 Å². The molecule has 2 N–H and O–H groups in total. The van der Waals surface area contributed by atoms with Gasteiger partial charge in [-0.2, -0.15) is 0 Å². The molecule has 0 fully saturated rings. The smallest absolute Gasteiger partial charge is 0.0775 e. The fraction of sp³-hybridized carbons (Fsp3) is 0.294. The van der Waals surface area contributed by atoms with Crippen LogP contribution >= 0.6 is 15.9 Å². The third-order valence-corrected chi connectivity index (χ3v) is 4.84. The third-order valence-electron chi connectivity index (χ3n) is 3.95. The molecule has 0 unspecified atom stereocenters. The highest BCUT2D eigenvalue weighted by Crippen LogP contribution is 2.31. The Morgan fingerprint density at radius 3 is 2.85 bits per heavy atom. The summed E-state index contributed by atoms with van der Waals surface area (Å²) in [6.07, 6.45) is 0.414. The van der Waals surface area contributed by atoms with Crippen LogP contribution in [0.1, 0.15) is 28.3 Å². The van der Waals surface area contributed by atoms with Gasteiger partial charge in [0.2, 0.25) is 0 Å². The van der Waals surface area contributed by atoms with E-state index in [-0.39, 0.29) is 12.1 Å². The Kier molecular flexibility index (Phi) is 3.92. The van der Waals surface area contributed by atoms with E-state index in [1.54, 1.807) is 0 Å². The minimum atomic E-state index is -0.330. The quantitative estimate of drug-likeness (QED) is 0.902. The topological polar surface area (TPSA) is 32.3 Å². The summed E-state index contributed by atoms with van der Waals surface area (Å²) in [5.41, 5.74) is 4.96. The second-order valence-corrected chi connectivity index (χ2v) is 6.27. The summed E-state index contributed by atoms with van der Waals surface area (Å²) in [6.45, 7) is 2.86. The largest absolute Gasteiger partial charge is 0.391 e. The molecule has 0 aromatic heterocycles. The van der Waals surface area contributed by atoms with Gasteiger partial charge in [-0.25, -0.2) is 0 Å². The van der Waals surface area contributed by atoms with Gasteiger partial charge in [0.1, 0.15) is 0 Å². The van der Waals surface area contributed by atoms with Crippen LogP contribution in [0.15, 0.2) is 46.9 Å². The number of halogens is 1. The first kappa shape index (κ1) is 13.8. The maximum atomic E-state index is 10.2. The molecule has 0 spiro atoms. The van der Waals surface area contributed by atoms with Crippen LogP contribution in [0.4, 0.5) is 0 Å². The number of hydrogen-bond donors (Lipinski definition) is 2. The second kappa shape index (κ2) is 5.68. The first-order valence-electron chi connectivity index (χ1n) is 6.89. The summed E-state index contributed by atoms with van der Waals surface area (Å²) in [6, 6.07) is 14.7. The van der Waals surface area contributed by atoms with Crippen molar-refractivity contribution in [2.45, 2.75) is 32.0 Å². The van der Waals surface area contributed by atoms with Crippen molar-refractivity contribution in [2.24, 2.45) is 0 Å².